The fourth-order valence-corrected chi connectivity index (χ4v) is 7.60. The lowest BCUT2D eigenvalue weighted by Crippen LogP contribution is -2.44. The largest absolute Gasteiger partial charge is 0.469 e. The van der Waals surface area contributed by atoms with Gasteiger partial charge in [-0.15, -0.1) is 0 Å². The molecule has 0 atom stereocenters. The molecule has 390 valence electrons. The number of nitrogens with two attached hydrogens (primary N) is 1. The summed E-state index contributed by atoms with van der Waals surface area (Å²) in [5.41, 5.74) is -0.814. The van der Waals surface area contributed by atoms with Crippen molar-refractivity contribution in [1.29, 1.82) is 15.8 Å². The fraction of sp³-hybridized carbons (Fsp3) is 0.347. The fourth-order valence-electron chi connectivity index (χ4n) is 6.66. The van der Waals surface area contributed by atoms with Gasteiger partial charge in [0, 0.05) is 23.8 Å². The Morgan fingerprint density at radius 3 is 1.64 bits per heavy atom. The van der Waals surface area contributed by atoms with Gasteiger partial charge in [0.2, 0.25) is 0 Å². The van der Waals surface area contributed by atoms with Crippen molar-refractivity contribution >= 4 is 64.3 Å². The van der Waals surface area contributed by atoms with E-state index < -0.39 is 75.0 Å². The Morgan fingerprint density at radius 1 is 0.740 bits per heavy atom. The number of amides is 1. The van der Waals surface area contributed by atoms with Crippen molar-refractivity contribution in [1.82, 2.24) is 0 Å². The van der Waals surface area contributed by atoms with Crippen LogP contribution in [0.15, 0.2) is 77.7 Å². The molecule has 73 heavy (non-hydrogen) atoms. The Morgan fingerprint density at radius 2 is 1.22 bits per heavy atom. The van der Waals surface area contributed by atoms with Gasteiger partial charge in [0.15, 0.2) is 5.11 Å². The van der Waals surface area contributed by atoms with Crippen LogP contribution in [-0.2, 0) is 47.3 Å². The van der Waals surface area contributed by atoms with E-state index in [1.807, 2.05) is 0 Å². The molecular formula is C49H48F8N6O8S2. The summed E-state index contributed by atoms with van der Waals surface area (Å²) in [6.07, 6.45) is -6.53. The number of benzene rings is 4. The number of methoxy groups -OCH3 is 3. The summed E-state index contributed by atoms with van der Waals surface area (Å²) in [5, 5.41) is 27.3. The van der Waals surface area contributed by atoms with E-state index >= 15 is 0 Å². The van der Waals surface area contributed by atoms with Crippen molar-refractivity contribution in [2.24, 2.45) is 11.1 Å². The van der Waals surface area contributed by atoms with Gasteiger partial charge in [0.1, 0.15) is 22.6 Å². The second-order valence-corrected chi connectivity index (χ2v) is 17.2. The molecule has 0 radical (unpaired) electrons. The molecule has 4 aromatic rings. The molecule has 0 aromatic heterocycles. The van der Waals surface area contributed by atoms with Crippen molar-refractivity contribution in [2.45, 2.75) is 69.7 Å². The van der Waals surface area contributed by atoms with Crippen molar-refractivity contribution in [3.05, 3.63) is 123 Å². The van der Waals surface area contributed by atoms with Crippen LogP contribution < -0.4 is 15.5 Å². The molecule has 2 heterocycles. The van der Waals surface area contributed by atoms with Gasteiger partial charge in [0.05, 0.1) is 78.0 Å². The van der Waals surface area contributed by atoms with Crippen molar-refractivity contribution < 1.29 is 73.2 Å². The summed E-state index contributed by atoms with van der Waals surface area (Å²) in [7, 11) is 5.10. The molecule has 0 spiro atoms. The highest BCUT2D eigenvalue weighted by Crippen LogP contribution is 2.40. The number of carbonyl (C=O) groups is 4. The zero-order chi connectivity index (χ0) is 55.6. The second kappa shape index (κ2) is 27.0. The molecule has 1 amide bonds. The number of halogens is 8. The number of thiocyanates is 1. The Labute approximate surface area is 425 Å². The summed E-state index contributed by atoms with van der Waals surface area (Å²) in [5.74, 6) is -4.23. The maximum atomic E-state index is 14.5. The maximum absolute atomic E-state index is 14.5. The van der Waals surface area contributed by atoms with Crippen LogP contribution >= 0.6 is 24.0 Å². The zero-order valence-electron chi connectivity index (χ0n) is 40.4. The van der Waals surface area contributed by atoms with E-state index in [2.05, 4.69) is 15.2 Å². The topological polar surface area (TPSA) is 209 Å². The van der Waals surface area contributed by atoms with E-state index in [0.717, 1.165) is 55.6 Å². The highest BCUT2D eigenvalue weighted by atomic mass is 32.2. The van der Waals surface area contributed by atoms with Crippen LogP contribution in [0, 0.1) is 50.4 Å². The smallest absolute Gasteiger partial charge is 0.417 e. The summed E-state index contributed by atoms with van der Waals surface area (Å²) >= 11 is 5.99. The predicted octanol–water partition coefficient (Wildman–Crippen LogP) is 10.3. The molecule has 0 unspecified atom stereocenters. The SMILES string of the molecule is C1CCOC1.CN.COC(=O)c1ccc(CC(C)(C)C(=O)OC)cc1F.COC(=O)c1ccc(N2C(=S)N(c3ccc(C#N)c(C(F)(F)F)c3)C(=O)C2(C)C)cc1F.N#CSc1ccc(C#N)c(C(F)(F)F)c1. The first-order chi connectivity index (χ1) is 34.1. The summed E-state index contributed by atoms with van der Waals surface area (Å²) in [6, 6.07) is 16.6. The third-order valence-electron chi connectivity index (χ3n) is 10.2. The number of rotatable bonds is 8. The predicted molar refractivity (Wildman–Crippen MR) is 256 cm³/mol. The van der Waals surface area contributed by atoms with Crippen molar-refractivity contribution in [3.63, 3.8) is 0 Å². The quantitative estimate of drug-likeness (QED) is 0.0435. The van der Waals surface area contributed by atoms with E-state index in [1.54, 1.807) is 25.3 Å². The van der Waals surface area contributed by atoms with Gasteiger partial charge < -0.3 is 29.6 Å². The van der Waals surface area contributed by atoms with Crippen LogP contribution in [0.1, 0.15) is 89.1 Å². The second-order valence-electron chi connectivity index (χ2n) is 16.0. The Hall–Kier alpha value is -7.17. The van der Waals surface area contributed by atoms with Crippen LogP contribution in [0.5, 0.6) is 0 Å². The van der Waals surface area contributed by atoms with Gasteiger partial charge in [-0.1, -0.05) is 6.07 Å². The van der Waals surface area contributed by atoms with Gasteiger partial charge in [0.25, 0.3) is 5.91 Å². The van der Waals surface area contributed by atoms with Crippen molar-refractivity contribution in [3.8, 4) is 17.5 Å². The van der Waals surface area contributed by atoms with Crippen LogP contribution in [0.3, 0.4) is 0 Å². The lowest BCUT2D eigenvalue weighted by atomic mass is 9.85. The van der Waals surface area contributed by atoms with E-state index in [-0.39, 0.29) is 38.5 Å². The maximum Gasteiger partial charge on any atom is 0.417 e. The Kier molecular flexibility index (Phi) is 22.9. The number of alkyl halides is 6. The normalized spacial score (nSPS) is 13.6. The van der Waals surface area contributed by atoms with Gasteiger partial charge in [-0.05, 0) is 150 Å². The average molecular weight is 1070 g/mol. The number of anilines is 2. The third kappa shape index (κ3) is 16.2. The lowest BCUT2D eigenvalue weighted by Gasteiger charge is -2.29. The Balaban J connectivity index is 0.000000377. The van der Waals surface area contributed by atoms with Crippen LogP contribution in [0.4, 0.5) is 46.5 Å². The number of carbonyl (C=O) groups excluding carboxylic acids is 4. The minimum absolute atomic E-state index is 0.116. The zero-order valence-corrected chi connectivity index (χ0v) is 42.0. The number of ether oxygens (including phenoxy) is 4. The average Bonchev–Trinajstić information content (AvgIpc) is 3.99. The number of nitriles is 3. The van der Waals surface area contributed by atoms with Crippen LogP contribution in [0.25, 0.3) is 0 Å². The first-order valence-electron chi connectivity index (χ1n) is 21.1. The molecule has 24 heteroatoms. The summed E-state index contributed by atoms with van der Waals surface area (Å²) in [4.78, 5) is 49.9. The Bertz CT molecular complexity index is 2780. The van der Waals surface area contributed by atoms with Gasteiger partial charge in [-0.2, -0.15) is 42.1 Å². The minimum Gasteiger partial charge on any atom is -0.469 e. The number of hydrogen-bond donors (Lipinski definition) is 1. The van der Waals surface area contributed by atoms with Gasteiger partial charge in [-0.25, -0.2) is 18.4 Å². The van der Waals surface area contributed by atoms with Crippen LogP contribution in [-0.4, -0.2) is 76.1 Å². The molecule has 2 fully saturated rings. The van der Waals surface area contributed by atoms with E-state index in [4.69, 9.17) is 37.5 Å². The molecular weight excluding hydrogens is 1020 g/mol. The molecule has 14 nitrogen and oxygen atoms in total. The number of thiocarbonyl (C=S) groups is 1. The standard InChI is InChI=1S/C21H15F4N3O3S.C14H17FO4.C9H3F3N2S.C4H8O.CH5N/c1-20(2)18(30)27(12-5-4-11(10-26)15(8-12)21(23,24)25)19(32)28(20)13-6-7-14(16(22)9-13)17(29)31-3;1-14(2,13(17)19-4)8-9-5-6-10(11(15)7-9)12(16)18-3;10-9(11,12)8-3-7(15-5-14)2-1-6(8)4-13;1-2-4-5-3-1;1-2/h4-9H,1-3H3;5-7H,8H2,1-4H3;1-3H;1-4H2;2H2,1H3. The first-order valence-corrected chi connectivity index (χ1v) is 22.3. The van der Waals surface area contributed by atoms with Gasteiger partial charge >= 0.3 is 30.3 Å². The molecule has 0 bridgehead atoms. The molecule has 2 N–H and O–H groups in total. The number of thioether (sulfide) groups is 1. The van der Waals surface area contributed by atoms with Crippen LogP contribution in [0.2, 0.25) is 0 Å². The summed E-state index contributed by atoms with van der Waals surface area (Å²) in [6.45, 7) is 8.38. The molecule has 0 saturated carbocycles. The highest BCUT2D eigenvalue weighted by molar-refractivity contribution is 8.03. The van der Waals surface area contributed by atoms with E-state index in [9.17, 15) is 54.3 Å². The number of nitrogens with zero attached hydrogens (tertiary/aromatic N) is 5. The molecule has 2 saturated heterocycles. The lowest BCUT2D eigenvalue weighted by molar-refractivity contribution is -0.150. The third-order valence-corrected chi connectivity index (χ3v) is 11.1. The monoisotopic (exact) mass is 1060 g/mol. The minimum atomic E-state index is -4.83. The van der Waals surface area contributed by atoms with E-state index in [0.29, 0.717) is 29.8 Å². The molecule has 4 aromatic carbocycles. The first kappa shape index (κ1) is 61.9. The molecule has 6 rings (SSSR count). The molecule has 2 aliphatic heterocycles. The van der Waals surface area contributed by atoms with E-state index in [1.165, 1.54) is 95.3 Å². The van der Waals surface area contributed by atoms with Crippen molar-refractivity contribution in [2.75, 3.05) is 51.4 Å². The van der Waals surface area contributed by atoms with Gasteiger partial charge in [-0.3, -0.25) is 14.5 Å². The summed E-state index contributed by atoms with van der Waals surface area (Å²) < 4.78 is 124. The highest BCUT2D eigenvalue weighted by Gasteiger charge is 2.51. The molecule has 0 aliphatic carbocycles. The number of esters is 3. The number of hydrogen-bond acceptors (Lipinski definition) is 14. The molecule has 2 aliphatic rings.